The minimum absolute atomic E-state index is 0.225. The van der Waals surface area contributed by atoms with Gasteiger partial charge in [0.2, 0.25) is 0 Å². The maximum absolute atomic E-state index is 10.3. The van der Waals surface area contributed by atoms with Crippen LogP contribution in [0.25, 0.3) is 0 Å². The average molecular weight is 185 g/mol. The van der Waals surface area contributed by atoms with Gasteiger partial charge in [-0.05, 0) is 0 Å². The molecule has 0 aliphatic carbocycles. The normalized spacial score (nSPS) is 8.08. The molecule has 66 valence electrons. The topological polar surface area (TPSA) is 71.8 Å². The van der Waals surface area contributed by atoms with Crippen molar-refractivity contribution < 1.29 is 0 Å². The Morgan fingerprint density at radius 2 is 2.42 bits per heavy atom. The SMILES string of the molecule is C=CCS.Nc1cc(=O)[nH]cn1. The Bertz CT molecular complexity index is 284. The van der Waals surface area contributed by atoms with E-state index in [-0.39, 0.29) is 11.4 Å². The second-order valence-corrected chi connectivity index (χ2v) is 2.17. The van der Waals surface area contributed by atoms with Crippen molar-refractivity contribution in [2.75, 3.05) is 11.5 Å². The molecule has 0 radical (unpaired) electrons. The lowest BCUT2D eigenvalue weighted by Crippen LogP contribution is -2.05. The van der Waals surface area contributed by atoms with E-state index in [4.69, 9.17) is 5.73 Å². The van der Waals surface area contributed by atoms with Gasteiger partial charge in [0.1, 0.15) is 5.82 Å². The van der Waals surface area contributed by atoms with Crippen LogP contribution in [0.1, 0.15) is 0 Å². The third kappa shape index (κ3) is 5.55. The Balaban J connectivity index is 0.000000261. The highest BCUT2D eigenvalue weighted by Crippen LogP contribution is 1.80. The molecule has 0 amide bonds. The number of aromatic nitrogens is 2. The van der Waals surface area contributed by atoms with Gasteiger partial charge in [-0.15, -0.1) is 6.58 Å². The number of nitrogens with two attached hydrogens (primary N) is 1. The monoisotopic (exact) mass is 185 g/mol. The van der Waals surface area contributed by atoms with Crippen LogP contribution < -0.4 is 11.3 Å². The standard InChI is InChI=1S/C4H5N3O.C3H6S/c5-3-1-4(8)7-2-6-3;1-2-3-4/h1-2H,(H3,5,6,7,8);2,4H,1,3H2. The van der Waals surface area contributed by atoms with E-state index in [0.717, 1.165) is 5.75 Å². The molecule has 0 fully saturated rings. The molecule has 3 N–H and O–H groups in total. The van der Waals surface area contributed by atoms with Crippen LogP contribution in [0.3, 0.4) is 0 Å². The van der Waals surface area contributed by atoms with E-state index < -0.39 is 0 Å². The number of anilines is 1. The summed E-state index contributed by atoms with van der Waals surface area (Å²) >= 11 is 3.80. The zero-order valence-corrected chi connectivity index (χ0v) is 7.42. The van der Waals surface area contributed by atoms with Crippen molar-refractivity contribution in [2.45, 2.75) is 0 Å². The molecule has 1 heterocycles. The van der Waals surface area contributed by atoms with Crippen molar-refractivity contribution in [1.82, 2.24) is 9.97 Å². The fraction of sp³-hybridized carbons (Fsp3) is 0.143. The predicted molar refractivity (Wildman–Crippen MR) is 53.3 cm³/mol. The number of H-pyrrole nitrogens is 1. The lowest BCUT2D eigenvalue weighted by atomic mass is 10.6. The van der Waals surface area contributed by atoms with Gasteiger partial charge in [-0.25, -0.2) is 4.98 Å². The van der Waals surface area contributed by atoms with Crippen LogP contribution in [0, 0.1) is 0 Å². The first-order valence-electron chi connectivity index (χ1n) is 3.22. The summed E-state index contributed by atoms with van der Waals surface area (Å²) in [6.45, 7) is 3.40. The van der Waals surface area contributed by atoms with Gasteiger partial charge < -0.3 is 10.7 Å². The van der Waals surface area contributed by atoms with Gasteiger partial charge in [-0.2, -0.15) is 12.6 Å². The Labute approximate surface area is 75.9 Å². The van der Waals surface area contributed by atoms with Crippen LogP contribution in [0.15, 0.2) is 29.8 Å². The third-order valence-corrected chi connectivity index (χ3v) is 1.09. The molecule has 5 heteroatoms. The molecule has 0 atom stereocenters. The molecule has 4 nitrogen and oxygen atoms in total. The second-order valence-electron chi connectivity index (χ2n) is 1.81. The van der Waals surface area contributed by atoms with Crippen molar-refractivity contribution in [3.8, 4) is 0 Å². The molecule has 0 aromatic carbocycles. The number of hydrogen-bond donors (Lipinski definition) is 3. The van der Waals surface area contributed by atoms with Gasteiger partial charge in [0, 0.05) is 11.8 Å². The zero-order valence-electron chi connectivity index (χ0n) is 6.53. The highest BCUT2D eigenvalue weighted by molar-refractivity contribution is 7.80. The van der Waals surface area contributed by atoms with Crippen LogP contribution in [-0.4, -0.2) is 15.7 Å². The minimum atomic E-state index is -0.225. The lowest BCUT2D eigenvalue weighted by Gasteiger charge is -1.83. The number of thiol groups is 1. The maximum Gasteiger partial charge on any atom is 0.252 e. The Morgan fingerprint density at radius 1 is 1.83 bits per heavy atom. The average Bonchev–Trinajstić information content (AvgIpc) is 2.04. The van der Waals surface area contributed by atoms with E-state index in [1.807, 2.05) is 0 Å². The van der Waals surface area contributed by atoms with Crippen molar-refractivity contribution >= 4 is 18.4 Å². The molecule has 1 rings (SSSR count). The van der Waals surface area contributed by atoms with E-state index in [0.29, 0.717) is 0 Å². The van der Waals surface area contributed by atoms with Gasteiger partial charge >= 0.3 is 0 Å². The number of hydrogen-bond acceptors (Lipinski definition) is 4. The molecule has 0 aliphatic rings. The molecule has 0 spiro atoms. The van der Waals surface area contributed by atoms with Crippen LogP contribution >= 0.6 is 12.6 Å². The van der Waals surface area contributed by atoms with Crippen LogP contribution in [0.5, 0.6) is 0 Å². The summed E-state index contributed by atoms with van der Waals surface area (Å²) in [6, 6.07) is 1.22. The van der Waals surface area contributed by atoms with Gasteiger partial charge in [0.25, 0.3) is 5.56 Å². The molecule has 0 aliphatic heterocycles. The Hall–Kier alpha value is -1.23. The molecular weight excluding hydrogens is 174 g/mol. The molecule has 1 aromatic rings. The van der Waals surface area contributed by atoms with Crippen molar-refractivity contribution in [3.05, 3.63) is 35.4 Å². The number of nitrogen functional groups attached to an aromatic ring is 1. The zero-order chi connectivity index (χ0) is 9.40. The minimum Gasteiger partial charge on any atom is -0.383 e. The Kier molecular flexibility index (Phi) is 5.81. The first kappa shape index (κ1) is 10.8. The highest BCUT2D eigenvalue weighted by atomic mass is 32.1. The molecular formula is C7H11N3OS. The smallest absolute Gasteiger partial charge is 0.252 e. The predicted octanol–water partition coefficient (Wildman–Crippen LogP) is 0.454. The van der Waals surface area contributed by atoms with E-state index in [9.17, 15) is 4.79 Å². The Morgan fingerprint density at radius 3 is 2.67 bits per heavy atom. The van der Waals surface area contributed by atoms with Crippen LogP contribution in [0.4, 0.5) is 5.82 Å². The van der Waals surface area contributed by atoms with Crippen molar-refractivity contribution in [3.63, 3.8) is 0 Å². The first-order valence-corrected chi connectivity index (χ1v) is 3.86. The fourth-order valence-corrected chi connectivity index (χ4v) is 0.384. The summed E-state index contributed by atoms with van der Waals surface area (Å²) in [5.41, 5.74) is 4.90. The van der Waals surface area contributed by atoms with E-state index in [2.05, 4.69) is 29.2 Å². The summed E-state index contributed by atoms with van der Waals surface area (Å²) in [5.74, 6) is 1.02. The van der Waals surface area contributed by atoms with E-state index >= 15 is 0 Å². The summed E-state index contributed by atoms with van der Waals surface area (Å²) in [7, 11) is 0. The van der Waals surface area contributed by atoms with Gasteiger partial charge in [0.15, 0.2) is 0 Å². The maximum atomic E-state index is 10.3. The van der Waals surface area contributed by atoms with Gasteiger partial charge in [-0.3, -0.25) is 4.79 Å². The highest BCUT2D eigenvalue weighted by Gasteiger charge is 1.82. The molecule has 0 saturated carbocycles. The quantitative estimate of drug-likeness (QED) is 0.439. The fourth-order valence-electron chi connectivity index (χ4n) is 0.384. The number of rotatable bonds is 1. The molecule has 0 saturated heterocycles. The summed E-state index contributed by atoms with van der Waals surface area (Å²) < 4.78 is 0. The van der Waals surface area contributed by atoms with Crippen molar-refractivity contribution in [1.29, 1.82) is 0 Å². The number of aromatic amines is 1. The summed E-state index contributed by atoms with van der Waals surface area (Å²) in [6.07, 6.45) is 3.00. The third-order valence-electron chi connectivity index (χ3n) is 0.829. The summed E-state index contributed by atoms with van der Waals surface area (Å²) in [4.78, 5) is 16.2. The number of nitrogens with zero attached hydrogens (tertiary/aromatic N) is 1. The second kappa shape index (κ2) is 6.48. The van der Waals surface area contributed by atoms with Crippen LogP contribution in [0.2, 0.25) is 0 Å². The van der Waals surface area contributed by atoms with E-state index in [1.54, 1.807) is 6.08 Å². The largest absolute Gasteiger partial charge is 0.383 e. The summed E-state index contributed by atoms with van der Waals surface area (Å²) in [5, 5.41) is 0. The lowest BCUT2D eigenvalue weighted by molar-refractivity contribution is 1.13. The molecule has 1 aromatic heterocycles. The number of nitrogens with one attached hydrogen (secondary N) is 1. The van der Waals surface area contributed by atoms with Crippen molar-refractivity contribution in [2.24, 2.45) is 0 Å². The molecule has 12 heavy (non-hydrogen) atoms. The van der Waals surface area contributed by atoms with Gasteiger partial charge in [-0.1, -0.05) is 6.08 Å². The molecule has 0 bridgehead atoms. The van der Waals surface area contributed by atoms with Crippen LogP contribution in [-0.2, 0) is 0 Å². The molecule has 0 unspecified atom stereocenters. The first-order chi connectivity index (χ1) is 5.70. The van der Waals surface area contributed by atoms with Gasteiger partial charge in [0.05, 0.1) is 6.33 Å². The van der Waals surface area contributed by atoms with E-state index in [1.165, 1.54) is 12.4 Å².